The van der Waals surface area contributed by atoms with Crippen LogP contribution in [0.4, 0.5) is 0 Å². The summed E-state index contributed by atoms with van der Waals surface area (Å²) in [6.07, 6.45) is 15.7. The maximum absolute atomic E-state index is 12.6. The first kappa shape index (κ1) is 25.3. The van der Waals surface area contributed by atoms with Crippen molar-refractivity contribution in [1.29, 1.82) is 0 Å². The molecule has 0 radical (unpaired) electrons. The number of hydrogen-bond acceptors (Lipinski definition) is 2. The van der Waals surface area contributed by atoms with Gasteiger partial charge in [0.2, 0.25) is 0 Å². The summed E-state index contributed by atoms with van der Waals surface area (Å²) in [7, 11) is 0. The molecule has 0 bridgehead atoms. The fourth-order valence-corrected chi connectivity index (χ4v) is 3.95. The Morgan fingerprint density at radius 3 is 1.88 bits per heavy atom. The van der Waals surface area contributed by atoms with Crippen LogP contribution in [0, 0.1) is 0 Å². The fourth-order valence-electron chi connectivity index (χ4n) is 3.95. The van der Waals surface area contributed by atoms with Gasteiger partial charge in [0.25, 0.3) is 0 Å². The lowest BCUT2D eigenvalue weighted by molar-refractivity contribution is 0.103. The first-order chi connectivity index (χ1) is 15.5. The van der Waals surface area contributed by atoms with Gasteiger partial charge in [0.1, 0.15) is 0 Å². The van der Waals surface area contributed by atoms with E-state index in [0.29, 0.717) is 5.56 Å². The Hall–Kier alpha value is -3.00. The summed E-state index contributed by atoms with van der Waals surface area (Å²) in [4.78, 5) is 24.3. The Morgan fingerprint density at radius 2 is 1.31 bits per heavy atom. The number of hydrogen-bond donors (Lipinski definition) is 0. The molecule has 0 unspecified atom stereocenters. The van der Waals surface area contributed by atoms with E-state index >= 15 is 0 Å². The van der Waals surface area contributed by atoms with Gasteiger partial charge in [-0.25, -0.2) is 0 Å². The maximum atomic E-state index is 12.6. The highest BCUT2D eigenvalue weighted by molar-refractivity contribution is 6.06. The summed E-state index contributed by atoms with van der Waals surface area (Å²) < 4.78 is 0. The van der Waals surface area contributed by atoms with Gasteiger partial charge in [0.15, 0.2) is 11.6 Å². The molecule has 0 aromatic heterocycles. The van der Waals surface area contributed by atoms with Gasteiger partial charge < -0.3 is 0 Å². The molecule has 2 heteroatoms. The zero-order chi connectivity index (χ0) is 23.3. The standard InChI is InChI=1S/C30H36O2/c1-5-9-11-13-26-24(18-15-23-16-19-25(20-17-23)29(31)7-3)21-22-28(30(32)8-4)27(26)14-12-10-6-2/h7-8,15-22H,3-6,9-14H2,1-2H3. The Labute approximate surface area is 193 Å². The lowest BCUT2D eigenvalue weighted by atomic mass is 9.87. The van der Waals surface area contributed by atoms with Crippen molar-refractivity contribution in [1.82, 2.24) is 0 Å². The Kier molecular flexibility index (Phi) is 10.6. The average molecular weight is 429 g/mol. The summed E-state index contributed by atoms with van der Waals surface area (Å²) in [6, 6.07) is 11.6. The predicted molar refractivity (Wildman–Crippen MR) is 137 cm³/mol. The van der Waals surface area contributed by atoms with Crippen LogP contribution in [-0.2, 0) is 12.8 Å². The lowest BCUT2D eigenvalue weighted by Gasteiger charge is -2.17. The summed E-state index contributed by atoms with van der Waals surface area (Å²) in [5, 5.41) is 0. The molecule has 0 fully saturated rings. The molecule has 2 aromatic rings. The zero-order valence-electron chi connectivity index (χ0n) is 19.7. The number of unbranched alkanes of at least 4 members (excludes halogenated alkanes) is 4. The van der Waals surface area contributed by atoms with Gasteiger partial charge in [-0.2, -0.15) is 0 Å². The summed E-state index contributed by atoms with van der Waals surface area (Å²) >= 11 is 0. The molecule has 0 saturated heterocycles. The number of benzene rings is 2. The number of rotatable bonds is 14. The van der Waals surface area contributed by atoms with E-state index in [1.54, 1.807) is 0 Å². The van der Waals surface area contributed by atoms with Gasteiger partial charge in [0, 0.05) is 11.1 Å². The first-order valence-electron chi connectivity index (χ1n) is 11.8. The minimum Gasteiger partial charge on any atom is -0.289 e. The predicted octanol–water partition coefficient (Wildman–Crippen LogP) is 8.06. The van der Waals surface area contributed by atoms with Crippen molar-refractivity contribution in [2.75, 3.05) is 0 Å². The number of allylic oxidation sites excluding steroid dienone is 2. The second kappa shape index (κ2) is 13.4. The maximum Gasteiger partial charge on any atom is 0.185 e. The number of carbonyl (C=O) groups is 2. The highest BCUT2D eigenvalue weighted by atomic mass is 16.1. The van der Waals surface area contributed by atoms with E-state index in [9.17, 15) is 9.59 Å². The van der Waals surface area contributed by atoms with Crippen LogP contribution < -0.4 is 0 Å². The normalized spacial score (nSPS) is 10.9. The SMILES string of the molecule is C=CC(=O)c1ccc(C=Cc2ccc(C(=O)C=C)c(CCCCC)c2CCCCC)cc1. The van der Waals surface area contributed by atoms with Gasteiger partial charge in [-0.1, -0.05) is 101 Å². The van der Waals surface area contributed by atoms with E-state index in [2.05, 4.69) is 45.2 Å². The largest absolute Gasteiger partial charge is 0.289 e. The second-order valence-electron chi connectivity index (χ2n) is 8.17. The number of ketones is 2. The Morgan fingerprint density at radius 1 is 0.719 bits per heavy atom. The molecule has 168 valence electrons. The van der Waals surface area contributed by atoms with Crippen LogP contribution in [-0.4, -0.2) is 11.6 Å². The zero-order valence-corrected chi connectivity index (χ0v) is 19.7. The van der Waals surface area contributed by atoms with Crippen LogP contribution in [0.15, 0.2) is 61.7 Å². The van der Waals surface area contributed by atoms with Crippen LogP contribution in [0.1, 0.15) is 95.3 Å². The van der Waals surface area contributed by atoms with Crippen molar-refractivity contribution >= 4 is 23.7 Å². The van der Waals surface area contributed by atoms with Gasteiger partial charge in [-0.05, 0) is 60.1 Å². The highest BCUT2D eigenvalue weighted by Crippen LogP contribution is 2.27. The molecule has 0 aliphatic heterocycles. The van der Waals surface area contributed by atoms with Crippen LogP contribution in [0.2, 0.25) is 0 Å². The monoisotopic (exact) mass is 428 g/mol. The van der Waals surface area contributed by atoms with Crippen molar-refractivity contribution in [3.63, 3.8) is 0 Å². The van der Waals surface area contributed by atoms with Crippen molar-refractivity contribution in [2.24, 2.45) is 0 Å². The molecule has 0 heterocycles. The summed E-state index contributed by atoms with van der Waals surface area (Å²) in [6.45, 7) is 11.7. The van der Waals surface area contributed by atoms with Gasteiger partial charge in [-0.3, -0.25) is 9.59 Å². The van der Waals surface area contributed by atoms with E-state index < -0.39 is 0 Å². The van der Waals surface area contributed by atoms with Crippen LogP contribution in [0.5, 0.6) is 0 Å². The molecule has 0 saturated carbocycles. The van der Waals surface area contributed by atoms with Crippen LogP contribution in [0.25, 0.3) is 12.2 Å². The van der Waals surface area contributed by atoms with E-state index in [4.69, 9.17) is 0 Å². The molecule has 0 spiro atoms. The summed E-state index contributed by atoms with van der Waals surface area (Å²) in [5.41, 5.74) is 6.11. The number of carbonyl (C=O) groups excluding carboxylic acids is 2. The van der Waals surface area contributed by atoms with Crippen molar-refractivity contribution in [3.05, 3.63) is 95.1 Å². The molecule has 0 atom stereocenters. The van der Waals surface area contributed by atoms with Crippen LogP contribution in [0.3, 0.4) is 0 Å². The summed E-state index contributed by atoms with van der Waals surface area (Å²) in [5.74, 6) is -0.0656. The van der Waals surface area contributed by atoms with Gasteiger partial charge >= 0.3 is 0 Å². The first-order valence-corrected chi connectivity index (χ1v) is 11.8. The molecular weight excluding hydrogens is 392 g/mol. The third kappa shape index (κ3) is 7.02. The van der Waals surface area contributed by atoms with E-state index in [-0.39, 0.29) is 11.6 Å². The molecule has 0 amide bonds. The molecule has 0 aliphatic carbocycles. The molecule has 2 rings (SSSR count). The molecule has 2 nitrogen and oxygen atoms in total. The molecule has 2 aromatic carbocycles. The third-order valence-electron chi connectivity index (χ3n) is 5.81. The molecule has 0 aliphatic rings. The third-order valence-corrected chi connectivity index (χ3v) is 5.81. The van der Waals surface area contributed by atoms with Gasteiger partial charge in [0.05, 0.1) is 0 Å². The second-order valence-corrected chi connectivity index (χ2v) is 8.17. The minimum atomic E-state index is -0.0714. The van der Waals surface area contributed by atoms with Crippen LogP contribution >= 0.6 is 0 Å². The topological polar surface area (TPSA) is 34.1 Å². The highest BCUT2D eigenvalue weighted by Gasteiger charge is 2.15. The Balaban J connectivity index is 2.44. The van der Waals surface area contributed by atoms with E-state index in [1.165, 1.54) is 35.3 Å². The molecular formula is C30H36O2. The fraction of sp³-hybridized carbons (Fsp3) is 0.333. The minimum absolute atomic E-state index is 0.00578. The average Bonchev–Trinajstić information content (AvgIpc) is 2.83. The van der Waals surface area contributed by atoms with Crippen molar-refractivity contribution in [2.45, 2.75) is 65.2 Å². The van der Waals surface area contributed by atoms with E-state index in [1.807, 2.05) is 30.3 Å². The molecule has 0 N–H and O–H groups in total. The quantitative estimate of drug-likeness (QED) is 0.132. The smallest absolute Gasteiger partial charge is 0.185 e. The Bertz CT molecular complexity index is 961. The lowest BCUT2D eigenvalue weighted by Crippen LogP contribution is -2.07. The van der Waals surface area contributed by atoms with Crippen molar-refractivity contribution < 1.29 is 9.59 Å². The van der Waals surface area contributed by atoms with E-state index in [0.717, 1.165) is 56.1 Å². The molecule has 32 heavy (non-hydrogen) atoms. The van der Waals surface area contributed by atoms with Gasteiger partial charge in [-0.15, -0.1) is 0 Å². The van der Waals surface area contributed by atoms with Crippen molar-refractivity contribution in [3.8, 4) is 0 Å².